The van der Waals surface area contributed by atoms with Crippen LogP contribution in [0.2, 0.25) is 5.02 Å². The molecule has 4 aromatic rings. The van der Waals surface area contributed by atoms with Gasteiger partial charge in [0.2, 0.25) is 0 Å². The maximum absolute atomic E-state index is 6.18. The Morgan fingerprint density at radius 3 is 2.36 bits per heavy atom. The zero-order valence-corrected chi connectivity index (χ0v) is 20.4. The summed E-state index contributed by atoms with van der Waals surface area (Å²) in [5.74, 6) is 0. The monoisotopic (exact) mass is 458 g/mol. The molecule has 0 unspecified atom stereocenters. The van der Waals surface area contributed by atoms with E-state index in [0.717, 1.165) is 54.7 Å². The molecule has 0 radical (unpaired) electrons. The number of aryl methyl sites for hydroxylation is 2. The Labute approximate surface area is 201 Å². The van der Waals surface area contributed by atoms with Crippen molar-refractivity contribution >= 4 is 17.2 Å². The van der Waals surface area contributed by atoms with E-state index < -0.39 is 0 Å². The maximum atomic E-state index is 6.18. The molecular formula is C28H31ClN4. The van der Waals surface area contributed by atoms with E-state index in [9.17, 15) is 0 Å². The minimum absolute atomic E-state index is 0.747. The molecule has 0 bridgehead atoms. The Bertz CT molecular complexity index is 1280. The number of halogens is 1. The summed E-state index contributed by atoms with van der Waals surface area (Å²) in [6.45, 7) is 9.65. The Kier molecular flexibility index (Phi) is 6.24. The molecule has 0 amide bonds. The summed E-state index contributed by atoms with van der Waals surface area (Å²) in [7, 11) is 2.21. The number of fused-ring (bicyclic) bond motifs is 1. The van der Waals surface area contributed by atoms with Gasteiger partial charge in [-0.1, -0.05) is 41.9 Å². The van der Waals surface area contributed by atoms with E-state index in [-0.39, 0.29) is 0 Å². The van der Waals surface area contributed by atoms with Crippen molar-refractivity contribution < 1.29 is 0 Å². The van der Waals surface area contributed by atoms with Crippen molar-refractivity contribution in [2.75, 3.05) is 33.2 Å². The maximum Gasteiger partial charge on any atom is 0.137 e. The van der Waals surface area contributed by atoms with Gasteiger partial charge in [-0.15, -0.1) is 0 Å². The molecule has 1 aliphatic heterocycles. The molecule has 3 heterocycles. The van der Waals surface area contributed by atoms with Crippen LogP contribution in [0, 0.1) is 13.8 Å². The number of hydrogen-bond donors (Lipinski definition) is 0. The van der Waals surface area contributed by atoms with E-state index in [1.807, 2.05) is 12.1 Å². The van der Waals surface area contributed by atoms with E-state index in [0.29, 0.717) is 0 Å². The minimum atomic E-state index is 0.747. The first kappa shape index (κ1) is 22.1. The molecule has 5 rings (SSSR count). The average molecular weight is 459 g/mol. The van der Waals surface area contributed by atoms with Gasteiger partial charge in [0, 0.05) is 36.4 Å². The number of imidazole rings is 1. The van der Waals surface area contributed by atoms with Crippen LogP contribution in [0.25, 0.3) is 28.0 Å². The Morgan fingerprint density at radius 1 is 0.818 bits per heavy atom. The van der Waals surface area contributed by atoms with Gasteiger partial charge in [0.25, 0.3) is 0 Å². The van der Waals surface area contributed by atoms with E-state index in [2.05, 4.69) is 83.8 Å². The van der Waals surface area contributed by atoms with Crippen LogP contribution in [-0.4, -0.2) is 52.4 Å². The summed E-state index contributed by atoms with van der Waals surface area (Å²) in [6, 6.07) is 19.1. The van der Waals surface area contributed by atoms with Gasteiger partial charge >= 0.3 is 0 Å². The van der Waals surface area contributed by atoms with Crippen LogP contribution in [0.3, 0.4) is 0 Å². The molecule has 0 spiro atoms. The third kappa shape index (κ3) is 4.70. The Balaban J connectivity index is 1.61. The summed E-state index contributed by atoms with van der Waals surface area (Å²) in [4.78, 5) is 10.1. The van der Waals surface area contributed by atoms with Crippen LogP contribution in [0.1, 0.15) is 23.2 Å². The molecule has 33 heavy (non-hydrogen) atoms. The number of aromatic nitrogens is 2. The van der Waals surface area contributed by atoms with Crippen molar-refractivity contribution in [3.8, 4) is 22.4 Å². The predicted octanol–water partition coefficient (Wildman–Crippen LogP) is 6.08. The fraction of sp³-hybridized carbons (Fsp3) is 0.321. The summed E-state index contributed by atoms with van der Waals surface area (Å²) in [6.07, 6.45) is 3.45. The third-order valence-corrected chi connectivity index (χ3v) is 7.11. The lowest BCUT2D eigenvalue weighted by Crippen LogP contribution is -2.29. The second kappa shape index (κ2) is 9.30. The van der Waals surface area contributed by atoms with Gasteiger partial charge in [-0.2, -0.15) is 0 Å². The van der Waals surface area contributed by atoms with Crippen LogP contribution in [0.4, 0.5) is 0 Å². The largest absolute Gasteiger partial charge is 0.305 e. The molecule has 2 aromatic heterocycles. The van der Waals surface area contributed by atoms with Crippen LogP contribution < -0.4 is 0 Å². The third-order valence-electron chi connectivity index (χ3n) is 6.86. The molecule has 0 aliphatic carbocycles. The number of benzene rings is 2. The van der Waals surface area contributed by atoms with Gasteiger partial charge in [0.15, 0.2) is 0 Å². The van der Waals surface area contributed by atoms with Gasteiger partial charge in [-0.05, 0) is 86.9 Å². The number of nitrogens with zero attached hydrogens (tertiary/aromatic N) is 4. The van der Waals surface area contributed by atoms with Gasteiger partial charge in [-0.3, -0.25) is 4.90 Å². The molecule has 5 heteroatoms. The SMILES string of the molecule is Cc1ccc(-c2ccc3nc(-c4ccc(Cl)cc4)c(CN4CCCN(C)CC4)n3c2)cc1C. The molecule has 1 aliphatic rings. The minimum Gasteiger partial charge on any atom is -0.305 e. The normalized spacial score (nSPS) is 15.8. The molecule has 0 saturated carbocycles. The van der Waals surface area contributed by atoms with Crippen molar-refractivity contribution in [3.05, 3.63) is 82.6 Å². The lowest BCUT2D eigenvalue weighted by Gasteiger charge is -2.21. The zero-order valence-electron chi connectivity index (χ0n) is 19.7. The van der Waals surface area contributed by atoms with Crippen molar-refractivity contribution in [2.24, 2.45) is 0 Å². The number of pyridine rings is 1. The first-order valence-electron chi connectivity index (χ1n) is 11.7. The van der Waals surface area contributed by atoms with E-state index >= 15 is 0 Å². The zero-order chi connectivity index (χ0) is 22.9. The van der Waals surface area contributed by atoms with Crippen LogP contribution >= 0.6 is 11.6 Å². The molecule has 1 fully saturated rings. The average Bonchev–Trinajstić information content (AvgIpc) is 3.03. The molecule has 2 aromatic carbocycles. The molecule has 1 saturated heterocycles. The van der Waals surface area contributed by atoms with Gasteiger partial charge in [0.1, 0.15) is 5.65 Å². The fourth-order valence-electron chi connectivity index (χ4n) is 4.64. The summed E-state index contributed by atoms with van der Waals surface area (Å²) < 4.78 is 2.29. The smallest absolute Gasteiger partial charge is 0.137 e. The molecule has 0 atom stereocenters. The first-order valence-corrected chi connectivity index (χ1v) is 12.1. The van der Waals surface area contributed by atoms with Gasteiger partial charge in [0.05, 0.1) is 11.4 Å². The summed E-state index contributed by atoms with van der Waals surface area (Å²) in [5, 5.41) is 0.747. The fourth-order valence-corrected chi connectivity index (χ4v) is 4.77. The Morgan fingerprint density at radius 2 is 1.58 bits per heavy atom. The molecule has 4 nitrogen and oxygen atoms in total. The van der Waals surface area contributed by atoms with E-state index in [1.54, 1.807) is 0 Å². The predicted molar refractivity (Wildman–Crippen MR) is 138 cm³/mol. The highest BCUT2D eigenvalue weighted by atomic mass is 35.5. The lowest BCUT2D eigenvalue weighted by molar-refractivity contribution is 0.266. The highest BCUT2D eigenvalue weighted by Gasteiger charge is 2.19. The van der Waals surface area contributed by atoms with E-state index in [1.165, 1.54) is 34.4 Å². The second-order valence-corrected chi connectivity index (χ2v) is 9.73. The van der Waals surface area contributed by atoms with Crippen LogP contribution in [0.5, 0.6) is 0 Å². The van der Waals surface area contributed by atoms with Crippen LogP contribution in [-0.2, 0) is 6.54 Å². The molecule has 170 valence electrons. The highest BCUT2D eigenvalue weighted by molar-refractivity contribution is 6.30. The van der Waals surface area contributed by atoms with E-state index in [4.69, 9.17) is 16.6 Å². The quantitative estimate of drug-likeness (QED) is 0.370. The van der Waals surface area contributed by atoms with Crippen molar-refractivity contribution in [1.29, 1.82) is 0 Å². The Hall–Kier alpha value is -2.66. The van der Waals surface area contributed by atoms with Gasteiger partial charge < -0.3 is 9.30 Å². The lowest BCUT2D eigenvalue weighted by atomic mass is 10.0. The van der Waals surface area contributed by atoms with Gasteiger partial charge in [-0.25, -0.2) is 4.98 Å². The topological polar surface area (TPSA) is 23.8 Å². The molecular weight excluding hydrogens is 428 g/mol. The van der Waals surface area contributed by atoms with Crippen molar-refractivity contribution in [1.82, 2.24) is 19.2 Å². The van der Waals surface area contributed by atoms with Crippen molar-refractivity contribution in [2.45, 2.75) is 26.8 Å². The van der Waals surface area contributed by atoms with Crippen LogP contribution in [0.15, 0.2) is 60.8 Å². The second-order valence-electron chi connectivity index (χ2n) is 9.29. The number of rotatable bonds is 4. The van der Waals surface area contributed by atoms with Crippen molar-refractivity contribution in [3.63, 3.8) is 0 Å². The molecule has 0 N–H and O–H groups in total. The first-order chi connectivity index (χ1) is 16.0. The standard InChI is InChI=1S/C28H31ClN4/c1-20-5-6-23(17-21(20)2)24-9-12-27-30-28(22-7-10-25(29)11-8-22)26(33(27)18-24)19-32-14-4-13-31(3)15-16-32/h5-12,17-18H,4,13-16,19H2,1-3H3. The number of likely N-dealkylation sites (N-methyl/N-ethyl adjacent to an activating group) is 1. The highest BCUT2D eigenvalue weighted by Crippen LogP contribution is 2.30. The summed E-state index contributed by atoms with van der Waals surface area (Å²) in [5.41, 5.74) is 9.45. The summed E-state index contributed by atoms with van der Waals surface area (Å²) >= 11 is 6.18. The number of hydrogen-bond acceptors (Lipinski definition) is 3.